The Balaban J connectivity index is 1.24. The summed E-state index contributed by atoms with van der Waals surface area (Å²) in [6.07, 6.45) is 5.06. The van der Waals surface area contributed by atoms with Crippen molar-refractivity contribution < 1.29 is 23.9 Å². The van der Waals surface area contributed by atoms with Gasteiger partial charge in [-0.05, 0) is 56.0 Å². The summed E-state index contributed by atoms with van der Waals surface area (Å²) in [5.41, 5.74) is 1.80. The van der Waals surface area contributed by atoms with Crippen LogP contribution in [0.25, 0.3) is 0 Å². The van der Waals surface area contributed by atoms with Crippen LogP contribution in [-0.2, 0) is 14.3 Å². The number of benzene rings is 2. The first-order valence-electron chi connectivity index (χ1n) is 12.8. The Morgan fingerprint density at radius 1 is 0.972 bits per heavy atom. The molecule has 2 aromatic rings. The van der Waals surface area contributed by atoms with Gasteiger partial charge >= 0.3 is 0 Å². The molecule has 0 bridgehead atoms. The molecule has 2 aromatic carbocycles. The highest BCUT2D eigenvalue weighted by atomic mass is 16.5. The molecule has 8 heteroatoms. The standard InChI is InChI=1S/C28H33N3O5/c1-31-23-13-12-21(16-26(32)29-19-9-3-2-4-10-19)36-25(23)17-35-24-14-11-20(15-22(24)28(31)34)30-27(33)18-7-5-6-8-18/h2-4,9-11,14-15,18,21,23,25H,5-8,12-13,16-17H2,1H3,(H,29,32)(H,30,33)/t21-,23+,25-/m1/s1. The van der Waals surface area contributed by atoms with Crippen LogP contribution in [-0.4, -0.2) is 54.5 Å². The summed E-state index contributed by atoms with van der Waals surface area (Å²) < 4.78 is 12.3. The van der Waals surface area contributed by atoms with E-state index < -0.39 is 0 Å². The third-order valence-corrected chi connectivity index (χ3v) is 7.48. The lowest BCUT2D eigenvalue weighted by molar-refractivity contribution is -0.130. The lowest BCUT2D eigenvalue weighted by atomic mass is 9.94. The first-order valence-corrected chi connectivity index (χ1v) is 12.8. The van der Waals surface area contributed by atoms with Crippen molar-refractivity contribution in [2.75, 3.05) is 24.3 Å². The summed E-state index contributed by atoms with van der Waals surface area (Å²) in [5, 5.41) is 5.88. The molecule has 2 aliphatic heterocycles. The second-order valence-corrected chi connectivity index (χ2v) is 9.97. The van der Waals surface area contributed by atoms with Gasteiger partial charge in [-0.15, -0.1) is 0 Å². The molecule has 190 valence electrons. The fourth-order valence-corrected chi connectivity index (χ4v) is 5.48. The molecule has 3 amide bonds. The molecule has 0 aromatic heterocycles. The minimum absolute atomic E-state index is 0.0168. The van der Waals surface area contributed by atoms with Crippen molar-refractivity contribution in [1.29, 1.82) is 0 Å². The van der Waals surface area contributed by atoms with Gasteiger partial charge in [0.05, 0.1) is 24.1 Å². The van der Waals surface area contributed by atoms with Crippen molar-refractivity contribution in [3.05, 3.63) is 54.1 Å². The number of ether oxygens (including phenoxy) is 2. The monoisotopic (exact) mass is 491 g/mol. The molecular weight excluding hydrogens is 458 g/mol. The Labute approximate surface area is 211 Å². The third kappa shape index (κ3) is 5.38. The zero-order valence-corrected chi connectivity index (χ0v) is 20.6. The number of likely N-dealkylation sites (N-methyl/N-ethyl adjacent to an activating group) is 1. The van der Waals surface area contributed by atoms with Crippen LogP contribution in [0.3, 0.4) is 0 Å². The molecule has 5 rings (SSSR count). The highest BCUT2D eigenvalue weighted by Crippen LogP contribution is 2.33. The Hall–Kier alpha value is -3.39. The minimum Gasteiger partial charge on any atom is -0.490 e. The van der Waals surface area contributed by atoms with Gasteiger partial charge in [0.15, 0.2) is 0 Å². The predicted octanol–water partition coefficient (Wildman–Crippen LogP) is 4.22. The van der Waals surface area contributed by atoms with Crippen LogP contribution in [0, 0.1) is 5.92 Å². The van der Waals surface area contributed by atoms with Crippen LogP contribution in [0.4, 0.5) is 11.4 Å². The van der Waals surface area contributed by atoms with Crippen molar-refractivity contribution in [3.63, 3.8) is 0 Å². The molecule has 1 saturated carbocycles. The molecule has 3 aliphatic rings. The van der Waals surface area contributed by atoms with Gasteiger partial charge in [-0.25, -0.2) is 0 Å². The maximum absolute atomic E-state index is 13.4. The predicted molar refractivity (Wildman–Crippen MR) is 136 cm³/mol. The normalized spacial score (nSPS) is 24.1. The highest BCUT2D eigenvalue weighted by molar-refractivity contribution is 6.00. The van der Waals surface area contributed by atoms with E-state index in [1.54, 1.807) is 30.1 Å². The molecule has 3 atom stereocenters. The van der Waals surface area contributed by atoms with Crippen LogP contribution in [0.5, 0.6) is 5.75 Å². The molecule has 0 unspecified atom stereocenters. The quantitative estimate of drug-likeness (QED) is 0.653. The van der Waals surface area contributed by atoms with Gasteiger partial charge in [-0.2, -0.15) is 0 Å². The number of hydrogen-bond donors (Lipinski definition) is 2. The molecule has 8 nitrogen and oxygen atoms in total. The summed E-state index contributed by atoms with van der Waals surface area (Å²) in [4.78, 5) is 40.2. The Kier molecular flexibility index (Phi) is 7.23. The van der Waals surface area contributed by atoms with Crippen molar-refractivity contribution in [2.24, 2.45) is 5.92 Å². The lowest BCUT2D eigenvalue weighted by Crippen LogP contribution is -2.53. The molecule has 36 heavy (non-hydrogen) atoms. The van der Waals surface area contributed by atoms with Gasteiger partial charge in [-0.1, -0.05) is 31.0 Å². The smallest absolute Gasteiger partial charge is 0.257 e. The van der Waals surface area contributed by atoms with Crippen LogP contribution in [0.2, 0.25) is 0 Å². The van der Waals surface area contributed by atoms with Crippen LogP contribution in [0.1, 0.15) is 55.3 Å². The number of para-hydroxylation sites is 1. The van der Waals surface area contributed by atoms with E-state index in [0.29, 0.717) is 29.8 Å². The van der Waals surface area contributed by atoms with E-state index in [2.05, 4.69) is 10.6 Å². The lowest BCUT2D eigenvalue weighted by Gasteiger charge is -2.42. The molecule has 1 saturated heterocycles. The number of hydrogen-bond acceptors (Lipinski definition) is 5. The van der Waals surface area contributed by atoms with Gasteiger partial charge < -0.3 is 25.0 Å². The van der Waals surface area contributed by atoms with Crippen molar-refractivity contribution in [3.8, 4) is 5.75 Å². The van der Waals surface area contributed by atoms with Crippen LogP contribution in [0.15, 0.2) is 48.5 Å². The van der Waals surface area contributed by atoms with E-state index in [1.165, 1.54) is 0 Å². The van der Waals surface area contributed by atoms with E-state index >= 15 is 0 Å². The molecule has 2 N–H and O–H groups in total. The van der Waals surface area contributed by atoms with Gasteiger partial charge in [-0.3, -0.25) is 14.4 Å². The van der Waals surface area contributed by atoms with E-state index in [4.69, 9.17) is 9.47 Å². The Morgan fingerprint density at radius 3 is 2.53 bits per heavy atom. The number of carbonyl (C=O) groups is 3. The summed E-state index contributed by atoms with van der Waals surface area (Å²) in [6.45, 7) is 0.278. The van der Waals surface area contributed by atoms with Crippen molar-refractivity contribution in [2.45, 2.75) is 63.2 Å². The van der Waals surface area contributed by atoms with Crippen molar-refractivity contribution in [1.82, 2.24) is 4.90 Å². The zero-order valence-electron chi connectivity index (χ0n) is 20.6. The molecule has 1 aliphatic carbocycles. The van der Waals surface area contributed by atoms with Crippen molar-refractivity contribution >= 4 is 29.1 Å². The first-order chi connectivity index (χ1) is 17.5. The summed E-state index contributed by atoms with van der Waals surface area (Å²) in [7, 11) is 1.78. The largest absolute Gasteiger partial charge is 0.490 e. The van der Waals surface area contributed by atoms with Gasteiger partial charge in [0.1, 0.15) is 18.5 Å². The highest BCUT2D eigenvalue weighted by Gasteiger charge is 2.39. The molecule has 0 spiro atoms. The number of carbonyl (C=O) groups excluding carboxylic acids is 3. The van der Waals surface area contributed by atoms with E-state index in [-0.39, 0.29) is 54.9 Å². The summed E-state index contributed by atoms with van der Waals surface area (Å²) >= 11 is 0. The van der Waals surface area contributed by atoms with E-state index in [9.17, 15) is 14.4 Å². The summed E-state index contributed by atoms with van der Waals surface area (Å²) in [6, 6.07) is 14.4. The summed E-state index contributed by atoms with van der Waals surface area (Å²) in [5.74, 6) is 0.267. The average Bonchev–Trinajstić information content (AvgIpc) is 3.42. The second-order valence-electron chi connectivity index (χ2n) is 9.97. The number of nitrogens with zero attached hydrogens (tertiary/aromatic N) is 1. The molecular formula is C28H33N3O5. The number of rotatable bonds is 5. The zero-order chi connectivity index (χ0) is 25.1. The average molecular weight is 492 g/mol. The number of fused-ring (bicyclic) bond motifs is 2. The third-order valence-electron chi connectivity index (χ3n) is 7.48. The second kappa shape index (κ2) is 10.7. The number of anilines is 2. The Bertz CT molecular complexity index is 1120. The van der Waals surface area contributed by atoms with E-state index in [1.807, 2.05) is 30.3 Å². The van der Waals surface area contributed by atoms with E-state index in [0.717, 1.165) is 31.4 Å². The maximum atomic E-state index is 13.4. The molecule has 2 heterocycles. The fraction of sp³-hybridized carbons (Fsp3) is 0.464. The molecule has 0 radical (unpaired) electrons. The minimum atomic E-state index is -0.336. The fourth-order valence-electron chi connectivity index (χ4n) is 5.48. The van der Waals surface area contributed by atoms with Crippen LogP contribution < -0.4 is 15.4 Å². The molecule has 2 fully saturated rings. The first kappa shape index (κ1) is 24.3. The Morgan fingerprint density at radius 2 is 1.75 bits per heavy atom. The van der Waals surface area contributed by atoms with Gasteiger partial charge in [0.2, 0.25) is 11.8 Å². The maximum Gasteiger partial charge on any atom is 0.257 e. The van der Waals surface area contributed by atoms with Crippen LogP contribution >= 0.6 is 0 Å². The topological polar surface area (TPSA) is 97.0 Å². The number of nitrogens with one attached hydrogen (secondary N) is 2. The number of amides is 3. The van der Waals surface area contributed by atoms with Gasteiger partial charge in [0, 0.05) is 24.3 Å². The van der Waals surface area contributed by atoms with Gasteiger partial charge in [0.25, 0.3) is 5.91 Å². The SMILES string of the molecule is CN1C(=O)c2cc(NC(=O)C3CCCC3)ccc2OC[C@H]2O[C@@H](CC(=O)Nc3ccccc3)CC[C@@H]21.